The fourth-order valence-electron chi connectivity index (χ4n) is 0.383. The molecule has 0 atom stereocenters. The van der Waals surface area contributed by atoms with Gasteiger partial charge in [0.2, 0.25) is 0 Å². The molecule has 0 aromatic heterocycles. The number of thiol groups is 2. The first-order valence-corrected chi connectivity index (χ1v) is 4.58. The predicted octanol–water partition coefficient (Wildman–Crippen LogP) is 2.28. The van der Waals surface area contributed by atoms with Crippen molar-refractivity contribution in [2.45, 2.75) is 14.2 Å². The summed E-state index contributed by atoms with van der Waals surface area (Å²) in [5.41, 5.74) is 0. The van der Waals surface area contributed by atoms with Crippen LogP contribution >= 0.6 is 48.8 Å². The van der Waals surface area contributed by atoms with E-state index in [2.05, 4.69) is 32.2 Å². The maximum Gasteiger partial charge on any atom is 0.105 e. The molecule has 0 amide bonds. The van der Waals surface area contributed by atoms with Crippen molar-refractivity contribution in [3.05, 3.63) is 0 Å². The summed E-state index contributed by atoms with van der Waals surface area (Å²) in [5, 5.41) is 0. The lowest BCUT2D eigenvalue weighted by Crippen LogP contribution is -2.20. The highest BCUT2D eigenvalue weighted by Gasteiger charge is 2.36. The van der Waals surface area contributed by atoms with Crippen LogP contribution in [-0.4, -0.2) is 7.33 Å². The third kappa shape index (κ3) is 1.66. The molecule has 7 heavy (non-hydrogen) atoms. The molecule has 1 aliphatic heterocycles. The zero-order valence-corrected chi connectivity index (χ0v) is 7.21. The molecule has 42 valence electrons. The highest BCUT2D eigenvalue weighted by atomic mass is 32.3. The van der Waals surface area contributed by atoms with Crippen molar-refractivity contribution in [3.63, 3.8) is 0 Å². The lowest BCUT2D eigenvalue weighted by molar-refractivity contribution is 1.31. The van der Waals surface area contributed by atoms with Gasteiger partial charge in [-0.05, 0) is 6.92 Å². The van der Waals surface area contributed by atoms with E-state index in [4.69, 9.17) is 0 Å². The number of thioether (sulfide) groups is 2. The first-order valence-electron chi connectivity index (χ1n) is 1.86. The third-order valence-corrected chi connectivity index (χ3v) is 4.34. The smallest absolute Gasteiger partial charge is 0.105 e. The van der Waals surface area contributed by atoms with Gasteiger partial charge in [-0.15, -0.1) is 23.5 Å². The average molecular weight is 170 g/mol. The van der Waals surface area contributed by atoms with Gasteiger partial charge in [-0.25, -0.2) is 0 Å². The summed E-state index contributed by atoms with van der Waals surface area (Å²) in [5.74, 6) is 0. The summed E-state index contributed by atoms with van der Waals surface area (Å²) in [4.78, 5) is 0. The van der Waals surface area contributed by atoms with Gasteiger partial charge < -0.3 is 0 Å². The summed E-state index contributed by atoms with van der Waals surface area (Å²) in [6.07, 6.45) is 0. The van der Waals surface area contributed by atoms with E-state index in [1.807, 2.05) is 0 Å². The average Bonchev–Trinajstić information content (AvgIpc) is 1.27. The molecular formula is C3H6S4. The van der Waals surface area contributed by atoms with E-state index in [1.165, 1.54) is 0 Å². The summed E-state index contributed by atoms with van der Waals surface area (Å²) in [6.45, 7) is 2.08. The van der Waals surface area contributed by atoms with Crippen molar-refractivity contribution in [1.82, 2.24) is 0 Å². The standard InChI is InChI=1S/C3H6S4/c1-3(5)6-2(4)7-3/h2,4-5H,1H3. The van der Waals surface area contributed by atoms with Crippen molar-refractivity contribution in [1.29, 1.82) is 0 Å². The summed E-state index contributed by atoms with van der Waals surface area (Å²) in [6, 6.07) is 0. The topological polar surface area (TPSA) is 0 Å². The molecule has 1 saturated heterocycles. The van der Waals surface area contributed by atoms with Gasteiger partial charge in [0.1, 0.15) is 3.41 Å². The Bertz CT molecular complexity index is 71.0. The lowest BCUT2D eigenvalue weighted by Gasteiger charge is -2.36. The van der Waals surface area contributed by atoms with Gasteiger partial charge in [-0.3, -0.25) is 0 Å². The summed E-state index contributed by atoms with van der Waals surface area (Å²) >= 11 is 12.0. The van der Waals surface area contributed by atoms with E-state index in [9.17, 15) is 0 Å². The third-order valence-electron chi connectivity index (χ3n) is 0.639. The van der Waals surface area contributed by atoms with Crippen LogP contribution in [-0.2, 0) is 0 Å². The molecule has 0 aliphatic carbocycles. The van der Waals surface area contributed by atoms with Crippen LogP contribution in [0.4, 0.5) is 0 Å². The van der Waals surface area contributed by atoms with Crippen LogP contribution in [0.2, 0.25) is 0 Å². The van der Waals surface area contributed by atoms with E-state index in [0.717, 1.165) is 0 Å². The van der Waals surface area contributed by atoms with Crippen LogP contribution in [0, 0.1) is 0 Å². The first kappa shape index (κ1) is 6.52. The van der Waals surface area contributed by atoms with Gasteiger partial charge in [-0.2, -0.15) is 25.3 Å². The second kappa shape index (κ2) is 1.97. The quantitative estimate of drug-likeness (QED) is 0.535. The van der Waals surface area contributed by atoms with Gasteiger partial charge in [0.25, 0.3) is 0 Å². The predicted molar refractivity (Wildman–Crippen MR) is 45.3 cm³/mol. The number of hydrogen-bond donors (Lipinski definition) is 2. The Morgan fingerprint density at radius 2 is 2.00 bits per heavy atom. The molecule has 0 saturated carbocycles. The SMILES string of the molecule is CC1(S)SC(S)S1. The molecule has 1 aliphatic rings. The summed E-state index contributed by atoms with van der Waals surface area (Å²) in [7, 11) is 0. The molecule has 0 aromatic rings. The first-order chi connectivity index (χ1) is 3.10. The van der Waals surface area contributed by atoms with E-state index in [0.29, 0.717) is 3.91 Å². The minimum atomic E-state index is 0.145. The van der Waals surface area contributed by atoms with Crippen LogP contribution in [0.15, 0.2) is 0 Å². The van der Waals surface area contributed by atoms with Gasteiger partial charge in [-0.1, -0.05) is 0 Å². The van der Waals surface area contributed by atoms with E-state index < -0.39 is 0 Å². The zero-order valence-electron chi connectivity index (χ0n) is 3.79. The molecule has 0 aromatic carbocycles. The fourth-order valence-corrected chi connectivity index (χ4v) is 5.84. The van der Waals surface area contributed by atoms with Gasteiger partial charge >= 0.3 is 0 Å². The van der Waals surface area contributed by atoms with Crippen LogP contribution in [0.25, 0.3) is 0 Å². The Hall–Kier alpha value is 1.40. The molecule has 1 rings (SSSR count). The van der Waals surface area contributed by atoms with E-state index in [-0.39, 0.29) is 3.41 Å². The minimum Gasteiger partial charge on any atom is -0.154 e. The normalized spacial score (nSPS) is 51.0. The summed E-state index contributed by atoms with van der Waals surface area (Å²) < 4.78 is 0.606. The van der Waals surface area contributed by atoms with Gasteiger partial charge in [0, 0.05) is 0 Å². The molecule has 0 bridgehead atoms. The van der Waals surface area contributed by atoms with Crippen LogP contribution in [0.1, 0.15) is 6.92 Å². The minimum absolute atomic E-state index is 0.145. The molecule has 1 fully saturated rings. The fraction of sp³-hybridized carbons (Fsp3) is 1.00. The second-order valence-corrected chi connectivity index (χ2v) is 7.76. The van der Waals surface area contributed by atoms with Crippen LogP contribution in [0.5, 0.6) is 0 Å². The van der Waals surface area contributed by atoms with Crippen molar-refractivity contribution in [2.24, 2.45) is 0 Å². The Kier molecular flexibility index (Phi) is 1.84. The highest BCUT2D eigenvalue weighted by molar-refractivity contribution is 8.48. The van der Waals surface area contributed by atoms with Gasteiger partial charge in [0.15, 0.2) is 0 Å². The zero-order chi connectivity index (χ0) is 5.49. The van der Waals surface area contributed by atoms with Crippen molar-refractivity contribution in [2.75, 3.05) is 0 Å². The Morgan fingerprint density at radius 3 is 2.00 bits per heavy atom. The maximum atomic E-state index is 4.28. The Morgan fingerprint density at radius 1 is 1.57 bits per heavy atom. The molecule has 0 radical (unpaired) electrons. The molecule has 0 N–H and O–H groups in total. The van der Waals surface area contributed by atoms with Crippen molar-refractivity contribution < 1.29 is 0 Å². The molecule has 0 spiro atoms. The number of rotatable bonds is 0. The lowest BCUT2D eigenvalue weighted by atomic mass is 10.9. The number of hydrogen-bond acceptors (Lipinski definition) is 4. The largest absolute Gasteiger partial charge is 0.154 e. The molecule has 0 nitrogen and oxygen atoms in total. The molecule has 0 unspecified atom stereocenters. The maximum absolute atomic E-state index is 4.28. The molecule has 1 heterocycles. The molecule has 4 heteroatoms. The van der Waals surface area contributed by atoms with Crippen LogP contribution in [0.3, 0.4) is 0 Å². The van der Waals surface area contributed by atoms with E-state index in [1.54, 1.807) is 23.5 Å². The monoisotopic (exact) mass is 170 g/mol. The van der Waals surface area contributed by atoms with E-state index >= 15 is 0 Å². The molecular weight excluding hydrogens is 164 g/mol. The Balaban J connectivity index is 2.29. The van der Waals surface area contributed by atoms with Crippen molar-refractivity contribution in [3.8, 4) is 0 Å². The highest BCUT2D eigenvalue weighted by Crippen LogP contribution is 2.59. The Labute approximate surface area is 63.0 Å². The van der Waals surface area contributed by atoms with Crippen LogP contribution < -0.4 is 0 Å². The second-order valence-electron chi connectivity index (χ2n) is 1.44. The van der Waals surface area contributed by atoms with Gasteiger partial charge in [0.05, 0.1) is 3.91 Å². The van der Waals surface area contributed by atoms with Crippen molar-refractivity contribution >= 4 is 48.8 Å².